The number of ether oxygens (including phenoxy) is 1. The number of benzene rings is 1. The van der Waals surface area contributed by atoms with Crippen LogP contribution in [-0.2, 0) is 0 Å². The van der Waals surface area contributed by atoms with Crippen molar-refractivity contribution in [3.05, 3.63) is 45.9 Å². The minimum Gasteiger partial charge on any atom is -0.434 e. The molecule has 21 heavy (non-hydrogen) atoms. The minimum atomic E-state index is -2.82. The summed E-state index contributed by atoms with van der Waals surface area (Å²) < 4.78 is 29.5. The second-order valence-corrected chi connectivity index (χ2v) is 5.74. The smallest absolute Gasteiger partial charge is 0.387 e. The first kappa shape index (κ1) is 15.9. The maximum Gasteiger partial charge on any atom is 0.387 e. The highest BCUT2D eigenvalue weighted by Crippen LogP contribution is 2.28. The average molecular weight is 312 g/mol. The van der Waals surface area contributed by atoms with Gasteiger partial charge in [-0.25, -0.2) is 4.98 Å². The van der Waals surface area contributed by atoms with Gasteiger partial charge in [-0.3, -0.25) is 0 Å². The van der Waals surface area contributed by atoms with Crippen molar-refractivity contribution in [3.8, 4) is 5.75 Å². The number of thiazole rings is 1. The monoisotopic (exact) mass is 312 g/mol. The topological polar surface area (TPSA) is 34.1 Å². The molecule has 2 rings (SSSR count). The van der Waals surface area contributed by atoms with Gasteiger partial charge < -0.3 is 10.1 Å². The van der Waals surface area contributed by atoms with Crippen LogP contribution in [0.2, 0.25) is 0 Å². The molecule has 1 heterocycles. The zero-order valence-corrected chi connectivity index (χ0v) is 13.0. The molecule has 0 saturated heterocycles. The highest BCUT2D eigenvalue weighted by Gasteiger charge is 2.18. The normalized spacial score (nSPS) is 14.2. The molecule has 1 aromatic heterocycles. The number of rotatable bonds is 6. The Morgan fingerprint density at radius 3 is 2.52 bits per heavy atom. The number of halogens is 2. The number of hydrogen-bond donors (Lipinski definition) is 1. The van der Waals surface area contributed by atoms with Crippen LogP contribution in [0.25, 0.3) is 0 Å². The zero-order chi connectivity index (χ0) is 15.4. The van der Waals surface area contributed by atoms with Gasteiger partial charge in [0.1, 0.15) is 10.8 Å². The van der Waals surface area contributed by atoms with Crippen LogP contribution in [0.3, 0.4) is 0 Å². The molecular formula is C15H18F2N2OS. The van der Waals surface area contributed by atoms with E-state index in [1.807, 2.05) is 32.2 Å². The Hall–Kier alpha value is -1.53. The summed E-state index contributed by atoms with van der Waals surface area (Å²) in [7, 11) is 0. The standard InChI is InChI=1S/C15H18F2N2OS/c1-9-8-21-14(18-9)11(3)19-10(2)12-6-4-5-7-13(12)20-15(16)17/h4-8,10-11,15,19H,1-3H3. The van der Waals surface area contributed by atoms with Gasteiger partial charge in [0.2, 0.25) is 0 Å². The van der Waals surface area contributed by atoms with Crippen molar-refractivity contribution in [2.45, 2.75) is 39.5 Å². The third kappa shape index (κ3) is 4.22. The van der Waals surface area contributed by atoms with Crippen LogP contribution in [0, 0.1) is 6.92 Å². The second kappa shape index (κ2) is 6.95. The molecule has 0 aliphatic heterocycles. The van der Waals surface area contributed by atoms with Crippen molar-refractivity contribution < 1.29 is 13.5 Å². The van der Waals surface area contributed by atoms with Gasteiger partial charge in [0.25, 0.3) is 0 Å². The van der Waals surface area contributed by atoms with Crippen LogP contribution < -0.4 is 10.1 Å². The van der Waals surface area contributed by atoms with Crippen molar-refractivity contribution in [1.29, 1.82) is 0 Å². The molecule has 114 valence electrons. The first-order valence-corrected chi connectivity index (χ1v) is 7.57. The molecule has 3 nitrogen and oxygen atoms in total. The molecule has 0 radical (unpaired) electrons. The van der Waals surface area contributed by atoms with Crippen molar-refractivity contribution in [1.82, 2.24) is 10.3 Å². The largest absolute Gasteiger partial charge is 0.434 e. The number of aryl methyl sites for hydroxylation is 1. The molecule has 0 aliphatic carbocycles. The molecule has 2 atom stereocenters. The van der Waals surface area contributed by atoms with Gasteiger partial charge in [0.15, 0.2) is 0 Å². The molecule has 0 bridgehead atoms. The summed E-state index contributed by atoms with van der Waals surface area (Å²) in [5, 5.41) is 6.33. The number of aromatic nitrogens is 1. The van der Waals surface area contributed by atoms with E-state index in [9.17, 15) is 8.78 Å². The summed E-state index contributed by atoms with van der Waals surface area (Å²) in [6.07, 6.45) is 0. The van der Waals surface area contributed by atoms with Crippen LogP contribution in [0.15, 0.2) is 29.6 Å². The Balaban J connectivity index is 2.11. The maximum absolute atomic E-state index is 12.4. The van der Waals surface area contributed by atoms with E-state index in [-0.39, 0.29) is 17.8 Å². The molecule has 1 N–H and O–H groups in total. The predicted octanol–water partition coefficient (Wildman–Crippen LogP) is 4.46. The molecule has 6 heteroatoms. The number of para-hydroxylation sites is 1. The molecular weight excluding hydrogens is 294 g/mol. The Labute approximate surface area is 127 Å². The van der Waals surface area contributed by atoms with E-state index >= 15 is 0 Å². The number of alkyl halides is 2. The highest BCUT2D eigenvalue weighted by atomic mass is 32.1. The first-order chi connectivity index (χ1) is 9.97. The molecule has 0 aliphatic rings. The van der Waals surface area contributed by atoms with Crippen molar-refractivity contribution in [2.75, 3.05) is 0 Å². The first-order valence-electron chi connectivity index (χ1n) is 6.69. The summed E-state index contributed by atoms with van der Waals surface area (Å²) in [5.41, 5.74) is 1.69. The second-order valence-electron chi connectivity index (χ2n) is 4.85. The lowest BCUT2D eigenvalue weighted by atomic mass is 10.1. The Bertz CT molecular complexity index is 589. The fourth-order valence-electron chi connectivity index (χ4n) is 2.15. The van der Waals surface area contributed by atoms with Gasteiger partial charge in [-0.2, -0.15) is 8.78 Å². The quantitative estimate of drug-likeness (QED) is 0.855. The van der Waals surface area contributed by atoms with Crippen molar-refractivity contribution in [2.24, 2.45) is 0 Å². The maximum atomic E-state index is 12.4. The molecule has 0 saturated carbocycles. The van der Waals surface area contributed by atoms with E-state index in [0.29, 0.717) is 5.56 Å². The summed E-state index contributed by atoms with van der Waals surface area (Å²) in [5.74, 6) is 0.204. The van der Waals surface area contributed by atoms with Gasteiger partial charge in [0, 0.05) is 22.7 Å². The van der Waals surface area contributed by atoms with Gasteiger partial charge in [-0.1, -0.05) is 18.2 Å². The number of hydrogen-bond acceptors (Lipinski definition) is 4. The fraction of sp³-hybridized carbons (Fsp3) is 0.400. The summed E-state index contributed by atoms with van der Waals surface area (Å²) in [6, 6.07) is 6.75. The van der Waals surface area contributed by atoms with Gasteiger partial charge in [-0.05, 0) is 26.8 Å². The Morgan fingerprint density at radius 2 is 1.90 bits per heavy atom. The van der Waals surface area contributed by atoms with Crippen LogP contribution in [0.5, 0.6) is 5.75 Å². The number of nitrogens with zero attached hydrogens (tertiary/aromatic N) is 1. The molecule has 0 spiro atoms. The van der Waals surface area contributed by atoms with Gasteiger partial charge >= 0.3 is 6.61 Å². The number of nitrogens with one attached hydrogen (secondary N) is 1. The fourth-order valence-corrected chi connectivity index (χ4v) is 2.96. The third-order valence-electron chi connectivity index (χ3n) is 3.11. The van der Waals surface area contributed by atoms with Crippen LogP contribution in [-0.4, -0.2) is 11.6 Å². The summed E-state index contributed by atoms with van der Waals surface area (Å²) >= 11 is 1.58. The lowest BCUT2D eigenvalue weighted by Crippen LogP contribution is -2.23. The zero-order valence-electron chi connectivity index (χ0n) is 12.1. The van der Waals surface area contributed by atoms with Crippen LogP contribution in [0.1, 0.15) is 42.2 Å². The van der Waals surface area contributed by atoms with Crippen molar-refractivity contribution >= 4 is 11.3 Å². The lowest BCUT2D eigenvalue weighted by Gasteiger charge is -2.21. The van der Waals surface area contributed by atoms with E-state index in [4.69, 9.17) is 0 Å². The Morgan fingerprint density at radius 1 is 1.19 bits per heavy atom. The molecule has 1 aromatic carbocycles. The Kier molecular flexibility index (Phi) is 5.25. The van der Waals surface area contributed by atoms with E-state index in [1.165, 1.54) is 0 Å². The van der Waals surface area contributed by atoms with E-state index in [0.717, 1.165) is 10.7 Å². The van der Waals surface area contributed by atoms with E-state index in [2.05, 4.69) is 15.0 Å². The van der Waals surface area contributed by atoms with Crippen LogP contribution in [0.4, 0.5) is 8.78 Å². The van der Waals surface area contributed by atoms with Gasteiger partial charge in [0.05, 0.1) is 6.04 Å². The van der Waals surface area contributed by atoms with Crippen molar-refractivity contribution in [3.63, 3.8) is 0 Å². The molecule has 0 fully saturated rings. The van der Waals surface area contributed by atoms with E-state index in [1.54, 1.807) is 29.5 Å². The third-order valence-corrected chi connectivity index (χ3v) is 4.25. The molecule has 0 amide bonds. The van der Waals surface area contributed by atoms with E-state index < -0.39 is 6.61 Å². The predicted molar refractivity (Wildman–Crippen MR) is 79.9 cm³/mol. The summed E-state index contributed by atoms with van der Waals surface area (Å²) in [6.45, 7) is 3.05. The van der Waals surface area contributed by atoms with Crippen LogP contribution >= 0.6 is 11.3 Å². The lowest BCUT2D eigenvalue weighted by molar-refractivity contribution is -0.0506. The van der Waals surface area contributed by atoms with Gasteiger partial charge in [-0.15, -0.1) is 11.3 Å². The molecule has 2 unspecified atom stereocenters. The summed E-state index contributed by atoms with van der Waals surface area (Å²) in [4.78, 5) is 4.43. The highest BCUT2D eigenvalue weighted by molar-refractivity contribution is 7.09. The average Bonchev–Trinajstić information content (AvgIpc) is 2.85. The SMILES string of the molecule is Cc1csc(C(C)NC(C)c2ccccc2OC(F)F)n1. The molecule has 2 aromatic rings. The minimum absolute atomic E-state index is 0.0401.